The van der Waals surface area contributed by atoms with Gasteiger partial charge in [0.2, 0.25) is 21.8 Å². The molecule has 0 radical (unpaired) electrons. The van der Waals surface area contributed by atoms with Crippen molar-refractivity contribution < 1.29 is 22.4 Å². The summed E-state index contributed by atoms with van der Waals surface area (Å²) in [4.78, 5) is 27.3. The van der Waals surface area contributed by atoms with Gasteiger partial charge in [-0.15, -0.1) is 0 Å². The highest BCUT2D eigenvalue weighted by Crippen LogP contribution is 2.26. The molecule has 0 bridgehead atoms. The highest BCUT2D eigenvalue weighted by atomic mass is 35.5. The molecule has 0 aromatic heterocycles. The molecule has 0 spiro atoms. The van der Waals surface area contributed by atoms with Gasteiger partial charge in [-0.3, -0.25) is 13.9 Å². The molecule has 0 heterocycles. The first kappa shape index (κ1) is 28.2. The number of nitrogens with one attached hydrogen (secondary N) is 1. The van der Waals surface area contributed by atoms with Crippen LogP contribution < -0.4 is 9.62 Å². The van der Waals surface area contributed by atoms with E-state index in [0.717, 1.165) is 22.7 Å². The van der Waals surface area contributed by atoms with E-state index < -0.39 is 40.2 Å². The van der Waals surface area contributed by atoms with Crippen molar-refractivity contribution in [1.82, 2.24) is 10.2 Å². The Bertz CT molecular complexity index is 1180. The zero-order valence-corrected chi connectivity index (χ0v) is 22.1. The highest BCUT2D eigenvalue weighted by Gasteiger charge is 2.30. The lowest BCUT2D eigenvalue weighted by Crippen LogP contribution is -2.52. The second-order valence-electron chi connectivity index (χ2n) is 7.98. The van der Waals surface area contributed by atoms with E-state index in [2.05, 4.69) is 5.32 Å². The Labute approximate surface area is 213 Å². The van der Waals surface area contributed by atoms with Gasteiger partial charge in [0.1, 0.15) is 18.4 Å². The SMILES string of the molecule is CC(C)NC(=O)[C@H](C)N(Cc1ccc(Cl)c(Cl)c1)C(=O)CN(c1ccc(F)c(Cl)c1)S(C)(=O)=O. The van der Waals surface area contributed by atoms with E-state index in [9.17, 15) is 22.4 Å². The molecule has 7 nitrogen and oxygen atoms in total. The molecule has 0 saturated heterocycles. The number of sulfonamides is 1. The molecule has 0 fully saturated rings. The molecule has 0 aliphatic rings. The van der Waals surface area contributed by atoms with E-state index in [1.54, 1.807) is 32.0 Å². The maximum absolute atomic E-state index is 13.6. The van der Waals surface area contributed by atoms with Gasteiger partial charge in [-0.1, -0.05) is 40.9 Å². The van der Waals surface area contributed by atoms with Crippen molar-refractivity contribution in [1.29, 1.82) is 0 Å². The maximum atomic E-state index is 13.6. The zero-order valence-electron chi connectivity index (χ0n) is 19.0. The number of carbonyl (C=O) groups excluding carboxylic acids is 2. The van der Waals surface area contributed by atoms with E-state index in [-0.39, 0.29) is 28.3 Å². The van der Waals surface area contributed by atoms with Crippen molar-refractivity contribution in [2.45, 2.75) is 39.4 Å². The molecule has 2 aromatic carbocycles. The van der Waals surface area contributed by atoms with Gasteiger partial charge in [-0.05, 0) is 56.7 Å². The van der Waals surface area contributed by atoms with Crippen molar-refractivity contribution in [3.8, 4) is 0 Å². The van der Waals surface area contributed by atoms with Crippen LogP contribution in [0.15, 0.2) is 36.4 Å². The summed E-state index contributed by atoms with van der Waals surface area (Å²) in [6.07, 6.45) is 0.912. The number of carbonyl (C=O) groups is 2. The fourth-order valence-corrected chi connectivity index (χ4v) is 4.41. The number of nitrogens with zero attached hydrogens (tertiary/aromatic N) is 2. The fraction of sp³-hybridized carbons (Fsp3) is 0.364. The predicted molar refractivity (Wildman–Crippen MR) is 133 cm³/mol. The average molecular weight is 553 g/mol. The Morgan fingerprint density at radius 3 is 2.18 bits per heavy atom. The van der Waals surface area contributed by atoms with Crippen LogP contribution in [0.25, 0.3) is 0 Å². The Morgan fingerprint density at radius 1 is 1.00 bits per heavy atom. The van der Waals surface area contributed by atoms with Gasteiger partial charge < -0.3 is 10.2 Å². The monoisotopic (exact) mass is 551 g/mol. The second-order valence-corrected chi connectivity index (χ2v) is 11.1. The third-order valence-electron chi connectivity index (χ3n) is 4.81. The topological polar surface area (TPSA) is 86.8 Å². The molecule has 0 aliphatic carbocycles. The van der Waals surface area contributed by atoms with Gasteiger partial charge in [0, 0.05) is 12.6 Å². The number of halogens is 4. The van der Waals surface area contributed by atoms with Crippen LogP contribution in [0.4, 0.5) is 10.1 Å². The first-order chi connectivity index (χ1) is 15.7. The summed E-state index contributed by atoms with van der Waals surface area (Å²) in [6.45, 7) is 4.41. The number of amides is 2. The van der Waals surface area contributed by atoms with Gasteiger partial charge in [0.05, 0.1) is 27.0 Å². The van der Waals surface area contributed by atoms with Crippen molar-refractivity contribution in [2.75, 3.05) is 17.1 Å². The normalized spacial score (nSPS) is 12.4. The molecule has 34 heavy (non-hydrogen) atoms. The van der Waals surface area contributed by atoms with Crippen LogP contribution >= 0.6 is 34.8 Å². The third kappa shape index (κ3) is 7.46. The third-order valence-corrected chi connectivity index (χ3v) is 6.97. The summed E-state index contributed by atoms with van der Waals surface area (Å²) >= 11 is 17.9. The Kier molecular flexibility index (Phi) is 9.59. The summed E-state index contributed by atoms with van der Waals surface area (Å²) in [5.41, 5.74) is 0.596. The molecule has 2 aromatic rings. The molecule has 2 rings (SSSR count). The largest absolute Gasteiger partial charge is 0.352 e. The summed E-state index contributed by atoms with van der Waals surface area (Å²) in [5, 5.41) is 3.04. The van der Waals surface area contributed by atoms with E-state index in [4.69, 9.17) is 34.8 Å². The highest BCUT2D eigenvalue weighted by molar-refractivity contribution is 7.92. The second kappa shape index (κ2) is 11.6. The van der Waals surface area contributed by atoms with E-state index in [1.807, 2.05) is 0 Å². The Hall–Kier alpha value is -2.07. The summed E-state index contributed by atoms with van der Waals surface area (Å²) in [5.74, 6) is -1.81. The minimum Gasteiger partial charge on any atom is -0.352 e. The molecule has 2 amide bonds. The summed E-state index contributed by atoms with van der Waals surface area (Å²) < 4.78 is 39.4. The standard InChI is InChI=1S/C22H25Cl3FN3O4S/c1-13(2)27-22(31)14(3)28(11-15-5-7-17(23)18(24)9-15)21(30)12-29(34(4,32)33)16-6-8-20(26)19(25)10-16/h5-10,13-14H,11-12H2,1-4H3,(H,27,31)/t14-/m0/s1. The lowest BCUT2D eigenvalue weighted by Gasteiger charge is -2.32. The number of hydrogen-bond donors (Lipinski definition) is 1. The number of anilines is 1. The molecular weight excluding hydrogens is 528 g/mol. The Balaban J connectivity index is 2.43. The van der Waals surface area contributed by atoms with Gasteiger partial charge in [0.15, 0.2) is 0 Å². The van der Waals surface area contributed by atoms with Gasteiger partial charge in [0.25, 0.3) is 0 Å². The van der Waals surface area contributed by atoms with E-state index in [0.29, 0.717) is 10.6 Å². The number of rotatable bonds is 9. The zero-order chi connectivity index (χ0) is 25.8. The average Bonchev–Trinajstić information content (AvgIpc) is 2.72. The first-order valence-corrected chi connectivity index (χ1v) is 13.2. The lowest BCUT2D eigenvalue weighted by molar-refractivity contribution is -0.139. The van der Waals surface area contributed by atoms with Gasteiger partial charge in [-0.25, -0.2) is 12.8 Å². The predicted octanol–water partition coefficient (Wildman–Crippen LogP) is 4.49. The molecule has 1 atom stereocenters. The van der Waals surface area contributed by atoms with Gasteiger partial charge in [-0.2, -0.15) is 0 Å². The van der Waals surface area contributed by atoms with Crippen LogP contribution in [-0.4, -0.2) is 50.0 Å². The van der Waals surface area contributed by atoms with E-state index in [1.165, 1.54) is 17.9 Å². The molecule has 12 heteroatoms. The maximum Gasteiger partial charge on any atom is 0.244 e. The van der Waals surface area contributed by atoms with Crippen LogP contribution in [-0.2, 0) is 26.2 Å². The lowest BCUT2D eigenvalue weighted by atomic mass is 10.1. The minimum absolute atomic E-state index is 0.0102. The van der Waals surface area contributed by atoms with Crippen LogP contribution in [0.1, 0.15) is 26.3 Å². The number of benzene rings is 2. The van der Waals surface area contributed by atoms with Crippen LogP contribution in [0.2, 0.25) is 15.1 Å². The van der Waals surface area contributed by atoms with E-state index >= 15 is 0 Å². The van der Waals surface area contributed by atoms with Crippen molar-refractivity contribution in [3.63, 3.8) is 0 Å². The fourth-order valence-electron chi connectivity index (χ4n) is 3.08. The van der Waals surface area contributed by atoms with Crippen molar-refractivity contribution >= 4 is 62.3 Å². The molecular formula is C22H25Cl3FN3O4S. The smallest absolute Gasteiger partial charge is 0.244 e. The van der Waals surface area contributed by atoms with Crippen molar-refractivity contribution in [3.05, 3.63) is 62.8 Å². The van der Waals surface area contributed by atoms with Crippen LogP contribution in [0.5, 0.6) is 0 Å². The molecule has 0 saturated carbocycles. The van der Waals surface area contributed by atoms with Gasteiger partial charge >= 0.3 is 0 Å². The minimum atomic E-state index is -3.96. The quantitative estimate of drug-likeness (QED) is 0.496. The van der Waals surface area contributed by atoms with Crippen LogP contribution in [0, 0.1) is 5.82 Å². The Morgan fingerprint density at radius 2 is 1.65 bits per heavy atom. The molecule has 1 N–H and O–H groups in total. The number of hydrogen-bond acceptors (Lipinski definition) is 4. The first-order valence-electron chi connectivity index (χ1n) is 10.2. The molecule has 0 unspecified atom stereocenters. The molecule has 0 aliphatic heterocycles. The van der Waals surface area contributed by atoms with Crippen molar-refractivity contribution in [2.24, 2.45) is 0 Å². The molecule has 186 valence electrons. The summed E-state index contributed by atoms with van der Waals surface area (Å²) in [6, 6.07) is 6.97. The summed E-state index contributed by atoms with van der Waals surface area (Å²) in [7, 11) is -3.96. The van der Waals surface area contributed by atoms with Crippen LogP contribution in [0.3, 0.4) is 0 Å².